The number of aryl methyl sites for hydroxylation is 1. The molecule has 2 aliphatic heterocycles. The first-order chi connectivity index (χ1) is 16.8. The fourth-order valence-electron chi connectivity index (χ4n) is 4.71. The van der Waals surface area contributed by atoms with Crippen molar-refractivity contribution in [3.63, 3.8) is 0 Å². The van der Waals surface area contributed by atoms with Crippen molar-refractivity contribution in [2.24, 2.45) is 0 Å². The number of carbonyl (C=O) groups is 1. The van der Waals surface area contributed by atoms with E-state index >= 15 is 0 Å². The molecule has 1 aromatic carbocycles. The fraction of sp³-hybridized carbons (Fsp3) is 0.583. The second-order valence-electron chi connectivity index (χ2n) is 9.11. The Balaban J connectivity index is 1.51. The predicted octanol–water partition coefficient (Wildman–Crippen LogP) is 2.63. The topological polar surface area (TPSA) is 82.0 Å². The highest BCUT2D eigenvalue weighted by Gasteiger charge is 2.36. The predicted molar refractivity (Wildman–Crippen MR) is 138 cm³/mol. The number of piperazine rings is 2. The van der Waals surface area contributed by atoms with Crippen molar-refractivity contribution in [2.75, 3.05) is 63.8 Å². The van der Waals surface area contributed by atoms with E-state index in [9.17, 15) is 13.2 Å². The lowest BCUT2D eigenvalue weighted by Gasteiger charge is -2.35. The maximum absolute atomic E-state index is 13.7. The zero-order valence-corrected chi connectivity index (χ0v) is 22.1. The number of carbonyl (C=O) groups excluding carboxylic acids is 1. The molecule has 2 aliphatic rings. The van der Waals surface area contributed by atoms with Gasteiger partial charge in [0.2, 0.25) is 5.03 Å². The minimum atomic E-state index is -3.91. The summed E-state index contributed by atoms with van der Waals surface area (Å²) in [6.45, 7) is 10.3. The smallest absolute Gasteiger partial charge is 0.263 e. The summed E-state index contributed by atoms with van der Waals surface area (Å²) >= 11 is 6.00. The van der Waals surface area contributed by atoms with Crippen LogP contribution in [0, 0.1) is 0 Å². The van der Waals surface area contributed by atoms with E-state index in [0.29, 0.717) is 50.8 Å². The molecular weight excluding hydrogens is 488 g/mol. The van der Waals surface area contributed by atoms with Gasteiger partial charge in [-0.2, -0.15) is 9.40 Å². The quantitative estimate of drug-likeness (QED) is 0.530. The SMILES string of the molecule is CCCN1CCN(C(=O)c2cn(CCC)nc2S(=O)(=O)N2CCN(c3ccc(Cl)cc3)CC2)CC1. The normalized spacial score (nSPS) is 18.3. The Labute approximate surface area is 213 Å². The van der Waals surface area contributed by atoms with Crippen molar-refractivity contribution in [3.05, 3.63) is 41.0 Å². The Hall–Kier alpha value is -2.14. The molecule has 0 radical (unpaired) electrons. The largest absolute Gasteiger partial charge is 0.369 e. The third-order valence-electron chi connectivity index (χ3n) is 6.62. The Bertz CT molecular complexity index is 1100. The molecule has 4 rings (SSSR count). The molecule has 0 unspecified atom stereocenters. The molecule has 0 spiro atoms. The molecule has 0 bridgehead atoms. The van der Waals surface area contributed by atoms with Gasteiger partial charge in [0.05, 0.1) is 5.56 Å². The lowest BCUT2D eigenvalue weighted by molar-refractivity contribution is 0.0633. The molecule has 2 aromatic rings. The summed E-state index contributed by atoms with van der Waals surface area (Å²) < 4.78 is 30.4. The van der Waals surface area contributed by atoms with Crippen LogP contribution in [0.1, 0.15) is 37.0 Å². The van der Waals surface area contributed by atoms with Gasteiger partial charge in [-0.25, -0.2) is 8.42 Å². The lowest BCUT2D eigenvalue weighted by atomic mass is 10.2. The third-order valence-corrected chi connectivity index (χ3v) is 8.71. The molecule has 2 fully saturated rings. The number of hydrogen-bond acceptors (Lipinski definition) is 6. The van der Waals surface area contributed by atoms with Crippen molar-refractivity contribution < 1.29 is 13.2 Å². The molecule has 0 atom stereocenters. The summed E-state index contributed by atoms with van der Waals surface area (Å²) in [5.74, 6) is -0.248. The van der Waals surface area contributed by atoms with Crippen LogP contribution in [0.15, 0.2) is 35.5 Å². The Morgan fingerprint density at radius 3 is 2.14 bits per heavy atom. The molecule has 1 aromatic heterocycles. The average Bonchev–Trinajstić information content (AvgIpc) is 3.30. The number of aromatic nitrogens is 2. The lowest BCUT2D eigenvalue weighted by Crippen LogP contribution is -2.50. The second kappa shape index (κ2) is 11.3. The van der Waals surface area contributed by atoms with Crippen molar-refractivity contribution in [2.45, 2.75) is 38.3 Å². The van der Waals surface area contributed by atoms with Crippen LogP contribution in [-0.2, 0) is 16.6 Å². The zero-order valence-electron chi connectivity index (χ0n) is 20.6. The number of rotatable bonds is 8. The average molecular weight is 523 g/mol. The van der Waals surface area contributed by atoms with E-state index in [0.717, 1.165) is 38.2 Å². The van der Waals surface area contributed by atoms with Crippen LogP contribution >= 0.6 is 11.6 Å². The monoisotopic (exact) mass is 522 g/mol. The molecular formula is C24H35ClN6O3S. The van der Waals surface area contributed by atoms with Gasteiger partial charge in [0, 0.05) is 75.8 Å². The molecule has 9 nitrogen and oxygen atoms in total. The summed E-state index contributed by atoms with van der Waals surface area (Å²) in [6, 6.07) is 7.55. The molecule has 2 saturated heterocycles. The first-order valence-corrected chi connectivity index (χ1v) is 14.2. The highest BCUT2D eigenvalue weighted by molar-refractivity contribution is 7.89. The highest BCUT2D eigenvalue weighted by Crippen LogP contribution is 2.25. The molecule has 0 aliphatic carbocycles. The molecule has 192 valence electrons. The van der Waals surface area contributed by atoms with Crippen LogP contribution < -0.4 is 4.90 Å². The number of sulfonamides is 1. The molecule has 0 saturated carbocycles. The van der Waals surface area contributed by atoms with E-state index in [1.165, 1.54) is 4.31 Å². The minimum absolute atomic E-state index is 0.119. The fourth-order valence-corrected chi connectivity index (χ4v) is 6.35. The van der Waals surface area contributed by atoms with E-state index in [1.807, 2.05) is 31.2 Å². The van der Waals surface area contributed by atoms with Crippen molar-refractivity contribution in [1.82, 2.24) is 23.9 Å². The summed E-state index contributed by atoms with van der Waals surface area (Å²) in [5, 5.41) is 4.94. The van der Waals surface area contributed by atoms with Crippen LogP contribution in [0.4, 0.5) is 5.69 Å². The van der Waals surface area contributed by atoms with E-state index < -0.39 is 10.0 Å². The van der Waals surface area contributed by atoms with Gasteiger partial charge >= 0.3 is 0 Å². The molecule has 0 N–H and O–H groups in total. The molecule has 35 heavy (non-hydrogen) atoms. The van der Waals surface area contributed by atoms with Crippen LogP contribution in [0.2, 0.25) is 5.02 Å². The Morgan fingerprint density at radius 1 is 0.914 bits per heavy atom. The van der Waals surface area contributed by atoms with Crippen molar-refractivity contribution in [3.8, 4) is 0 Å². The number of nitrogens with zero attached hydrogens (tertiary/aromatic N) is 6. The van der Waals surface area contributed by atoms with Crippen molar-refractivity contribution in [1.29, 1.82) is 0 Å². The Morgan fingerprint density at radius 2 is 1.54 bits per heavy atom. The van der Waals surface area contributed by atoms with Crippen LogP contribution in [0.3, 0.4) is 0 Å². The van der Waals surface area contributed by atoms with Gasteiger partial charge in [-0.3, -0.25) is 14.4 Å². The molecule has 1 amide bonds. The maximum Gasteiger partial charge on any atom is 0.263 e. The molecule has 3 heterocycles. The van der Waals surface area contributed by atoms with Crippen LogP contribution in [0.25, 0.3) is 0 Å². The van der Waals surface area contributed by atoms with Gasteiger partial charge in [-0.1, -0.05) is 25.4 Å². The molecule has 11 heteroatoms. The summed E-state index contributed by atoms with van der Waals surface area (Å²) in [5.41, 5.74) is 1.19. The number of anilines is 1. The third kappa shape index (κ3) is 5.82. The van der Waals surface area contributed by atoms with E-state index in [-0.39, 0.29) is 16.5 Å². The van der Waals surface area contributed by atoms with Crippen LogP contribution in [-0.4, -0.2) is 97.1 Å². The van der Waals surface area contributed by atoms with E-state index in [1.54, 1.807) is 15.8 Å². The van der Waals surface area contributed by atoms with Gasteiger partial charge < -0.3 is 9.80 Å². The van der Waals surface area contributed by atoms with Gasteiger partial charge in [-0.05, 0) is 43.7 Å². The summed E-state index contributed by atoms with van der Waals surface area (Å²) in [7, 11) is -3.91. The van der Waals surface area contributed by atoms with E-state index in [2.05, 4.69) is 21.8 Å². The minimum Gasteiger partial charge on any atom is -0.369 e. The number of halogens is 1. The number of amides is 1. The van der Waals surface area contributed by atoms with Gasteiger partial charge in [-0.15, -0.1) is 0 Å². The first kappa shape index (κ1) is 25.9. The maximum atomic E-state index is 13.7. The van der Waals surface area contributed by atoms with Gasteiger partial charge in [0.25, 0.3) is 15.9 Å². The zero-order chi connectivity index (χ0) is 25.0. The van der Waals surface area contributed by atoms with Gasteiger partial charge in [0.15, 0.2) is 0 Å². The summed E-state index contributed by atoms with van der Waals surface area (Å²) in [4.78, 5) is 19.7. The summed E-state index contributed by atoms with van der Waals surface area (Å²) in [6.07, 6.45) is 3.48. The van der Waals surface area contributed by atoms with Crippen LogP contribution in [0.5, 0.6) is 0 Å². The number of benzene rings is 1. The van der Waals surface area contributed by atoms with E-state index in [4.69, 9.17) is 11.6 Å². The highest BCUT2D eigenvalue weighted by atomic mass is 35.5. The standard InChI is InChI=1S/C24H35ClN6O3S/c1-3-9-27-11-13-29(14-12-27)24(32)22-19-30(10-4-2)26-23(22)35(33,34)31-17-15-28(16-18-31)21-7-5-20(25)6-8-21/h5-8,19H,3-4,9-18H2,1-2H3. The Kier molecular flexibility index (Phi) is 8.36. The second-order valence-corrected chi connectivity index (χ2v) is 11.4. The first-order valence-electron chi connectivity index (χ1n) is 12.4. The number of hydrogen-bond donors (Lipinski definition) is 0. The van der Waals surface area contributed by atoms with Crippen molar-refractivity contribution >= 4 is 33.2 Å². The van der Waals surface area contributed by atoms with Gasteiger partial charge in [0.1, 0.15) is 0 Å².